The normalized spacial score (nSPS) is 13.7. The van der Waals surface area contributed by atoms with Crippen LogP contribution < -0.4 is 0 Å². The second-order valence-corrected chi connectivity index (χ2v) is 8.82. The van der Waals surface area contributed by atoms with E-state index in [4.69, 9.17) is 0 Å². The van der Waals surface area contributed by atoms with Gasteiger partial charge in [-0.25, -0.2) is 13.2 Å². The van der Waals surface area contributed by atoms with Crippen LogP contribution in [0.5, 0.6) is 0 Å². The van der Waals surface area contributed by atoms with Crippen LogP contribution in [0.2, 0.25) is 0 Å². The molecule has 0 aliphatic heterocycles. The Bertz CT molecular complexity index is 448. The van der Waals surface area contributed by atoms with Crippen LogP contribution in [0.3, 0.4) is 0 Å². The molecule has 0 amide bonds. The van der Waals surface area contributed by atoms with Gasteiger partial charge in [-0.05, 0) is 16.2 Å². The second-order valence-electron chi connectivity index (χ2n) is 8.82. The highest BCUT2D eigenvalue weighted by Gasteiger charge is 2.38. The summed E-state index contributed by atoms with van der Waals surface area (Å²) in [4.78, 5) is 0. The van der Waals surface area contributed by atoms with E-state index in [1.807, 2.05) is 0 Å². The van der Waals surface area contributed by atoms with Gasteiger partial charge in [-0.2, -0.15) is 0 Å². The molecule has 0 aliphatic carbocycles. The lowest BCUT2D eigenvalue weighted by molar-refractivity contribution is 0.393. The van der Waals surface area contributed by atoms with Gasteiger partial charge in [-0.1, -0.05) is 62.3 Å². The monoisotopic (exact) mass is 300 g/mol. The van der Waals surface area contributed by atoms with Crippen molar-refractivity contribution >= 4 is 0 Å². The third-order valence-electron chi connectivity index (χ3n) is 3.57. The summed E-state index contributed by atoms with van der Waals surface area (Å²) in [5.41, 5.74) is -2.29. The molecule has 120 valence electrons. The molecule has 0 fully saturated rings. The van der Waals surface area contributed by atoms with E-state index < -0.39 is 33.7 Å². The molecule has 0 aliphatic rings. The molecule has 0 radical (unpaired) electrons. The van der Waals surface area contributed by atoms with Crippen LogP contribution in [0.15, 0.2) is 0 Å². The molecule has 0 saturated heterocycles. The predicted molar refractivity (Wildman–Crippen MR) is 82.4 cm³/mol. The zero-order chi connectivity index (χ0) is 17.0. The standard InChI is InChI=1S/C18H27F3/c1-16(2,3)10-13(19)11(17(4,5)6)15(21)12(14(10)20)18(7,8)9/h1-9H3. The van der Waals surface area contributed by atoms with Gasteiger partial charge >= 0.3 is 0 Å². The van der Waals surface area contributed by atoms with E-state index in [2.05, 4.69) is 0 Å². The molecule has 0 atom stereocenters. The van der Waals surface area contributed by atoms with Crippen LogP contribution in [0.25, 0.3) is 0 Å². The third kappa shape index (κ3) is 3.27. The summed E-state index contributed by atoms with van der Waals surface area (Å²) >= 11 is 0. The highest BCUT2D eigenvalue weighted by Crippen LogP contribution is 2.41. The molecular weight excluding hydrogens is 273 g/mol. The summed E-state index contributed by atoms with van der Waals surface area (Å²) in [6.45, 7) is 15.7. The van der Waals surface area contributed by atoms with E-state index in [0.717, 1.165) is 0 Å². The SMILES string of the molecule is CC(C)(C)c1c(F)c(C(C)(C)C)c(F)c(C(C)(C)C)c1F. The average molecular weight is 300 g/mol. The fourth-order valence-electron chi connectivity index (χ4n) is 2.64. The van der Waals surface area contributed by atoms with Crippen LogP contribution in [0, 0.1) is 17.5 Å². The molecule has 1 rings (SSSR count). The van der Waals surface area contributed by atoms with E-state index in [0.29, 0.717) is 0 Å². The van der Waals surface area contributed by atoms with Gasteiger partial charge in [0.1, 0.15) is 17.5 Å². The lowest BCUT2D eigenvalue weighted by Crippen LogP contribution is -2.29. The fraction of sp³-hybridized carbons (Fsp3) is 0.667. The van der Waals surface area contributed by atoms with Crippen LogP contribution >= 0.6 is 0 Å². The molecule has 3 heteroatoms. The first-order chi connectivity index (χ1) is 9.10. The number of hydrogen-bond acceptors (Lipinski definition) is 0. The van der Waals surface area contributed by atoms with Gasteiger partial charge in [-0.15, -0.1) is 0 Å². The molecule has 0 saturated carbocycles. The summed E-state index contributed by atoms with van der Waals surface area (Å²) in [6.07, 6.45) is 0. The van der Waals surface area contributed by atoms with Crippen molar-refractivity contribution in [3.05, 3.63) is 34.1 Å². The molecule has 0 heterocycles. The van der Waals surface area contributed by atoms with Gasteiger partial charge in [0.2, 0.25) is 0 Å². The minimum Gasteiger partial charge on any atom is -0.206 e. The summed E-state index contributed by atoms with van der Waals surface area (Å²) in [7, 11) is 0. The van der Waals surface area contributed by atoms with Crippen molar-refractivity contribution < 1.29 is 13.2 Å². The lowest BCUT2D eigenvalue weighted by atomic mass is 9.74. The molecule has 0 aromatic heterocycles. The van der Waals surface area contributed by atoms with Crippen LogP contribution in [0.4, 0.5) is 13.2 Å². The van der Waals surface area contributed by atoms with E-state index in [1.165, 1.54) is 0 Å². The van der Waals surface area contributed by atoms with Crippen molar-refractivity contribution in [3.8, 4) is 0 Å². The maximum atomic E-state index is 14.9. The van der Waals surface area contributed by atoms with Gasteiger partial charge in [0, 0.05) is 16.7 Å². The first-order valence-corrected chi connectivity index (χ1v) is 7.32. The molecule has 0 unspecified atom stereocenters. The van der Waals surface area contributed by atoms with Crippen LogP contribution in [-0.2, 0) is 16.2 Å². The number of halogens is 3. The molecule has 1 aromatic rings. The highest BCUT2D eigenvalue weighted by molar-refractivity contribution is 5.44. The van der Waals surface area contributed by atoms with Gasteiger partial charge < -0.3 is 0 Å². The van der Waals surface area contributed by atoms with E-state index in [1.54, 1.807) is 62.3 Å². The van der Waals surface area contributed by atoms with Crippen molar-refractivity contribution in [2.24, 2.45) is 0 Å². The highest BCUT2D eigenvalue weighted by atomic mass is 19.1. The van der Waals surface area contributed by atoms with Gasteiger partial charge in [0.05, 0.1) is 0 Å². The van der Waals surface area contributed by atoms with Crippen LogP contribution in [0.1, 0.15) is 79.0 Å². The van der Waals surface area contributed by atoms with Gasteiger partial charge in [0.25, 0.3) is 0 Å². The van der Waals surface area contributed by atoms with Crippen molar-refractivity contribution in [1.29, 1.82) is 0 Å². The zero-order valence-corrected chi connectivity index (χ0v) is 14.6. The summed E-state index contributed by atoms with van der Waals surface area (Å²) in [6, 6.07) is 0. The number of rotatable bonds is 0. The molecule has 0 N–H and O–H groups in total. The summed E-state index contributed by atoms with van der Waals surface area (Å²) in [5.74, 6) is -2.26. The lowest BCUT2D eigenvalue weighted by Gasteiger charge is -2.32. The molecule has 1 aromatic carbocycles. The third-order valence-corrected chi connectivity index (χ3v) is 3.57. The fourth-order valence-corrected chi connectivity index (χ4v) is 2.64. The summed E-state index contributed by atoms with van der Waals surface area (Å²) < 4.78 is 44.6. The molecular formula is C18H27F3. The van der Waals surface area contributed by atoms with Crippen molar-refractivity contribution in [3.63, 3.8) is 0 Å². The largest absolute Gasteiger partial charge is 0.206 e. The minimum atomic E-state index is -0.752. The van der Waals surface area contributed by atoms with Gasteiger partial charge in [-0.3, -0.25) is 0 Å². The summed E-state index contributed by atoms with van der Waals surface area (Å²) in [5, 5.41) is 0. The number of benzene rings is 1. The number of hydrogen-bond donors (Lipinski definition) is 0. The maximum absolute atomic E-state index is 14.9. The van der Waals surface area contributed by atoms with E-state index in [-0.39, 0.29) is 16.7 Å². The Morgan fingerprint density at radius 2 is 0.571 bits per heavy atom. The molecule has 0 spiro atoms. The quantitative estimate of drug-likeness (QED) is 0.551. The Morgan fingerprint density at radius 3 is 0.667 bits per heavy atom. The molecule has 21 heavy (non-hydrogen) atoms. The zero-order valence-electron chi connectivity index (χ0n) is 14.6. The Labute approximate surface area is 126 Å². The molecule has 0 nitrogen and oxygen atoms in total. The predicted octanol–water partition coefficient (Wildman–Crippen LogP) is 6.00. The van der Waals surface area contributed by atoms with E-state index >= 15 is 0 Å². The maximum Gasteiger partial charge on any atom is 0.136 e. The van der Waals surface area contributed by atoms with Crippen molar-refractivity contribution in [2.75, 3.05) is 0 Å². The first kappa shape index (κ1) is 18.1. The van der Waals surface area contributed by atoms with Crippen molar-refractivity contribution in [2.45, 2.75) is 78.6 Å². The average Bonchev–Trinajstić information content (AvgIpc) is 2.07. The smallest absolute Gasteiger partial charge is 0.136 e. The first-order valence-electron chi connectivity index (χ1n) is 7.32. The second kappa shape index (κ2) is 5.03. The Morgan fingerprint density at radius 1 is 0.429 bits per heavy atom. The van der Waals surface area contributed by atoms with Crippen molar-refractivity contribution in [1.82, 2.24) is 0 Å². The van der Waals surface area contributed by atoms with E-state index in [9.17, 15) is 13.2 Å². The Balaban J connectivity index is 4.04. The molecule has 0 bridgehead atoms. The van der Waals surface area contributed by atoms with Crippen LogP contribution in [-0.4, -0.2) is 0 Å². The minimum absolute atomic E-state index is 0.0289. The van der Waals surface area contributed by atoms with Gasteiger partial charge in [0.15, 0.2) is 0 Å². The Hall–Kier alpha value is -0.990. The topological polar surface area (TPSA) is 0 Å². The Kier molecular flexibility index (Phi) is 4.33.